The molecule has 0 bridgehead atoms. The molecule has 0 radical (unpaired) electrons. The highest BCUT2D eigenvalue weighted by Gasteiger charge is 2.27. The molecule has 1 amide bonds. The molecule has 1 atom stereocenters. The fraction of sp³-hybridized carbons (Fsp3) is 0.250. The summed E-state index contributed by atoms with van der Waals surface area (Å²) in [5.41, 5.74) is 3.94. The fourth-order valence-corrected chi connectivity index (χ4v) is 2.58. The molecule has 3 rings (SSSR count). The molecule has 0 spiro atoms. The molecule has 8 heteroatoms. The lowest BCUT2D eigenvalue weighted by Crippen LogP contribution is -2.42. The van der Waals surface area contributed by atoms with E-state index in [1.165, 1.54) is 0 Å². The van der Waals surface area contributed by atoms with Crippen LogP contribution in [-0.4, -0.2) is 36.9 Å². The number of aliphatic carboxylic acids is 1. The molecule has 0 aromatic heterocycles. The summed E-state index contributed by atoms with van der Waals surface area (Å²) in [6, 6.07) is 13.9. The van der Waals surface area contributed by atoms with Crippen LogP contribution in [0.25, 0.3) is 0 Å². The summed E-state index contributed by atoms with van der Waals surface area (Å²) in [7, 11) is 0. The largest absolute Gasteiger partial charge is 0.546 e. The molecule has 146 valence electrons. The summed E-state index contributed by atoms with van der Waals surface area (Å²) < 4.78 is 16.2. The number of ether oxygens (including phenoxy) is 3. The highest BCUT2D eigenvalue weighted by molar-refractivity contribution is 6.01. The molecule has 2 aromatic carbocycles. The quantitative estimate of drug-likeness (QED) is 0.562. The third-order valence-electron chi connectivity index (χ3n) is 3.98. The first-order chi connectivity index (χ1) is 13.6. The topological polar surface area (TPSA) is 109 Å². The van der Waals surface area contributed by atoms with Crippen molar-refractivity contribution in [2.75, 3.05) is 13.2 Å². The van der Waals surface area contributed by atoms with Gasteiger partial charge in [0.1, 0.15) is 19.0 Å². The smallest absolute Gasteiger partial charge is 0.284 e. The van der Waals surface area contributed by atoms with Gasteiger partial charge in [0.2, 0.25) is 6.10 Å². The number of nitrogens with one attached hydrogen (secondary N) is 1. The number of fused-ring (bicyclic) bond motifs is 1. The summed E-state index contributed by atoms with van der Waals surface area (Å²) in [5, 5.41) is 14.6. The Morgan fingerprint density at radius 1 is 1.18 bits per heavy atom. The van der Waals surface area contributed by atoms with Crippen LogP contribution in [0.1, 0.15) is 18.9 Å². The van der Waals surface area contributed by atoms with Gasteiger partial charge in [-0.1, -0.05) is 19.1 Å². The Kier molecular flexibility index (Phi) is 6.11. The predicted molar refractivity (Wildman–Crippen MR) is 98.3 cm³/mol. The van der Waals surface area contributed by atoms with Gasteiger partial charge in [-0.15, -0.1) is 0 Å². The van der Waals surface area contributed by atoms with Gasteiger partial charge in [0.05, 0.1) is 11.7 Å². The van der Waals surface area contributed by atoms with E-state index in [1.807, 2.05) is 13.0 Å². The minimum absolute atomic E-state index is 0.101. The molecular weight excluding hydrogens is 364 g/mol. The van der Waals surface area contributed by atoms with Gasteiger partial charge in [-0.2, -0.15) is 5.10 Å². The van der Waals surface area contributed by atoms with Crippen LogP contribution in [0, 0.1) is 0 Å². The first-order valence-electron chi connectivity index (χ1n) is 8.74. The Hall–Kier alpha value is -3.55. The maximum absolute atomic E-state index is 12.4. The lowest BCUT2D eigenvalue weighted by molar-refractivity contribution is -0.307. The van der Waals surface area contributed by atoms with Crippen LogP contribution >= 0.6 is 0 Å². The van der Waals surface area contributed by atoms with Crippen molar-refractivity contribution in [1.29, 1.82) is 0 Å². The van der Waals surface area contributed by atoms with Gasteiger partial charge in [0.15, 0.2) is 11.5 Å². The standard InChI is InChI=1S/C20H20N2O6/c1-2-15(13-7-9-14(10-8-13)26-12-19(23)24)21-22-20(25)18-11-27-16-5-3-4-6-17(16)28-18/h3-10,18H,2,11-12H2,1H3,(H,22,25)(H,23,24)/p-1/b21-15-/t18-/m1/s1. The van der Waals surface area contributed by atoms with Crippen molar-refractivity contribution in [2.45, 2.75) is 19.4 Å². The van der Waals surface area contributed by atoms with Gasteiger partial charge in [0.25, 0.3) is 5.91 Å². The number of nitrogens with zero attached hydrogens (tertiary/aromatic N) is 1. The zero-order valence-corrected chi connectivity index (χ0v) is 15.2. The third kappa shape index (κ3) is 4.79. The van der Waals surface area contributed by atoms with Crippen molar-refractivity contribution >= 4 is 17.6 Å². The second-order valence-corrected chi connectivity index (χ2v) is 5.94. The molecule has 1 N–H and O–H groups in total. The number of carboxylic acids is 1. The number of amides is 1. The maximum Gasteiger partial charge on any atom is 0.284 e. The Bertz CT molecular complexity index is 879. The van der Waals surface area contributed by atoms with E-state index in [0.29, 0.717) is 29.4 Å². The molecule has 1 heterocycles. The molecule has 0 fully saturated rings. The Balaban J connectivity index is 1.61. The number of rotatable bonds is 7. The van der Waals surface area contributed by atoms with Crippen LogP contribution in [0.4, 0.5) is 0 Å². The summed E-state index contributed by atoms with van der Waals surface area (Å²) >= 11 is 0. The first kappa shape index (κ1) is 19.2. The van der Waals surface area contributed by atoms with Crippen LogP contribution < -0.4 is 24.7 Å². The lowest BCUT2D eigenvalue weighted by Gasteiger charge is -2.24. The Morgan fingerprint density at radius 3 is 2.57 bits per heavy atom. The number of hydrogen-bond donors (Lipinski definition) is 1. The van der Waals surface area contributed by atoms with Gasteiger partial charge < -0.3 is 24.1 Å². The predicted octanol–water partition coefficient (Wildman–Crippen LogP) is 0.886. The minimum atomic E-state index is -1.29. The molecule has 0 saturated heterocycles. The van der Waals surface area contributed by atoms with Gasteiger partial charge in [-0.25, -0.2) is 5.43 Å². The van der Waals surface area contributed by atoms with Crippen LogP contribution in [0.3, 0.4) is 0 Å². The van der Waals surface area contributed by atoms with Gasteiger partial charge in [0, 0.05) is 0 Å². The average Bonchev–Trinajstić information content (AvgIpc) is 2.73. The number of carbonyl (C=O) groups excluding carboxylic acids is 2. The van der Waals surface area contributed by atoms with Gasteiger partial charge in [-0.05, 0) is 48.4 Å². The second kappa shape index (κ2) is 8.90. The highest BCUT2D eigenvalue weighted by Crippen LogP contribution is 2.30. The van der Waals surface area contributed by atoms with Gasteiger partial charge >= 0.3 is 0 Å². The minimum Gasteiger partial charge on any atom is -0.546 e. The summed E-state index contributed by atoms with van der Waals surface area (Å²) in [4.78, 5) is 22.8. The molecule has 1 aliphatic heterocycles. The maximum atomic E-state index is 12.4. The van der Waals surface area contributed by atoms with Gasteiger partial charge in [-0.3, -0.25) is 4.79 Å². The van der Waals surface area contributed by atoms with Crippen molar-refractivity contribution in [3.05, 3.63) is 54.1 Å². The highest BCUT2D eigenvalue weighted by atomic mass is 16.6. The van der Waals surface area contributed by atoms with Crippen molar-refractivity contribution < 1.29 is 28.9 Å². The number of hydrazone groups is 1. The summed E-state index contributed by atoms with van der Waals surface area (Å²) in [6.07, 6.45) is -0.220. The first-order valence-corrected chi connectivity index (χ1v) is 8.74. The van der Waals surface area contributed by atoms with E-state index in [2.05, 4.69) is 10.5 Å². The van der Waals surface area contributed by atoms with E-state index in [4.69, 9.17) is 14.2 Å². The number of hydrogen-bond acceptors (Lipinski definition) is 7. The fourth-order valence-electron chi connectivity index (χ4n) is 2.58. The molecule has 28 heavy (non-hydrogen) atoms. The van der Waals surface area contributed by atoms with Crippen LogP contribution in [0.15, 0.2) is 53.6 Å². The van der Waals surface area contributed by atoms with Crippen molar-refractivity contribution in [1.82, 2.24) is 5.43 Å². The molecule has 1 aliphatic rings. The summed E-state index contributed by atoms with van der Waals surface area (Å²) in [5.74, 6) is -0.182. The van der Waals surface area contributed by atoms with E-state index < -0.39 is 24.6 Å². The van der Waals surface area contributed by atoms with Crippen LogP contribution in [-0.2, 0) is 9.59 Å². The molecule has 0 saturated carbocycles. The lowest BCUT2D eigenvalue weighted by atomic mass is 10.1. The molecule has 0 unspecified atom stereocenters. The molecular formula is C20H19N2O6-. The number of benzene rings is 2. The van der Waals surface area contributed by atoms with Crippen LogP contribution in [0.5, 0.6) is 17.2 Å². The molecule has 2 aromatic rings. The second-order valence-electron chi connectivity index (χ2n) is 5.94. The van der Waals surface area contributed by atoms with Crippen molar-refractivity contribution in [3.63, 3.8) is 0 Å². The Labute approximate surface area is 161 Å². The van der Waals surface area contributed by atoms with E-state index in [1.54, 1.807) is 42.5 Å². The van der Waals surface area contributed by atoms with Crippen molar-refractivity contribution in [3.8, 4) is 17.2 Å². The number of para-hydroxylation sites is 2. The SMILES string of the molecule is CC/C(=N/NC(=O)[C@H]1COc2ccccc2O1)c1ccc(OCC(=O)[O-])cc1. The van der Waals surface area contributed by atoms with E-state index in [-0.39, 0.29) is 6.61 Å². The monoisotopic (exact) mass is 383 g/mol. The molecule has 0 aliphatic carbocycles. The number of carbonyl (C=O) groups is 2. The van der Waals surface area contributed by atoms with Crippen molar-refractivity contribution in [2.24, 2.45) is 5.10 Å². The molecule has 8 nitrogen and oxygen atoms in total. The normalized spacial score (nSPS) is 15.6. The average molecular weight is 383 g/mol. The van der Waals surface area contributed by atoms with Crippen LogP contribution in [0.2, 0.25) is 0 Å². The zero-order valence-electron chi connectivity index (χ0n) is 15.2. The van der Waals surface area contributed by atoms with E-state index in [0.717, 1.165) is 5.56 Å². The Morgan fingerprint density at radius 2 is 1.89 bits per heavy atom. The number of carboxylic acid groups (broad SMARTS) is 1. The third-order valence-corrected chi connectivity index (χ3v) is 3.98. The zero-order chi connectivity index (χ0) is 19.9. The summed E-state index contributed by atoms with van der Waals surface area (Å²) in [6.45, 7) is 1.49. The van der Waals surface area contributed by atoms with E-state index >= 15 is 0 Å². The van der Waals surface area contributed by atoms with E-state index in [9.17, 15) is 14.7 Å².